The third-order valence-electron chi connectivity index (χ3n) is 13.1. The van der Waals surface area contributed by atoms with E-state index >= 15 is 0 Å². The van der Waals surface area contributed by atoms with Crippen molar-refractivity contribution in [2.75, 3.05) is 4.90 Å². The van der Waals surface area contributed by atoms with Crippen LogP contribution in [0.2, 0.25) is 0 Å². The van der Waals surface area contributed by atoms with Gasteiger partial charge in [0.2, 0.25) is 0 Å². The average molecular weight is 726 g/mol. The number of rotatable bonds is 5. The second-order valence-electron chi connectivity index (χ2n) is 20.5. The molecule has 0 N–H and O–H groups in total. The first-order chi connectivity index (χ1) is 24.7. The molecule has 0 radical (unpaired) electrons. The quantitative estimate of drug-likeness (QED) is 0.192. The van der Waals surface area contributed by atoms with Crippen LogP contribution >= 0.6 is 0 Å². The zero-order chi connectivity index (χ0) is 39.6. The molecule has 284 valence electrons. The van der Waals surface area contributed by atoms with Crippen molar-refractivity contribution in [1.82, 2.24) is 0 Å². The summed E-state index contributed by atoms with van der Waals surface area (Å²) < 4.78 is 25.8. The van der Waals surface area contributed by atoms with Crippen LogP contribution in [-0.4, -0.2) is 36.6 Å². The minimum Gasteiger partial charge on any atom is -0.399 e. The van der Waals surface area contributed by atoms with E-state index in [-0.39, 0.29) is 16.2 Å². The highest BCUT2D eigenvalue weighted by Crippen LogP contribution is 2.56. The maximum absolute atomic E-state index is 6.46. The second-order valence-corrected chi connectivity index (χ2v) is 20.5. The predicted molar refractivity (Wildman–Crippen MR) is 228 cm³/mol. The molecule has 7 rings (SSSR count). The zero-order valence-corrected chi connectivity index (χ0v) is 35.7. The standard InChI is InChI=1S/C47H61B2NO4/c1-41(2,3)30-17-26-36-37(27-30)43(7,8)38-28-31(42(4,5)6)29-39(40(36)38)50(34-22-18-32(19-23-34)48-51-44(9,10)45(11,12)52-48)35-24-20-33(21-25-35)49-53-46(13,14)47(15,16)54-49/h17-29H,1-16H3. The van der Waals surface area contributed by atoms with Gasteiger partial charge in [-0.25, -0.2) is 0 Å². The molecule has 0 spiro atoms. The number of anilines is 3. The minimum absolute atomic E-state index is 0.0448. The summed E-state index contributed by atoms with van der Waals surface area (Å²) in [5, 5.41) is 0. The van der Waals surface area contributed by atoms with Crippen LogP contribution in [0.1, 0.15) is 133 Å². The monoisotopic (exact) mass is 725 g/mol. The van der Waals surface area contributed by atoms with Crippen LogP contribution in [0.5, 0.6) is 0 Å². The minimum atomic E-state index is -0.435. The Morgan fingerprint density at radius 1 is 0.463 bits per heavy atom. The van der Waals surface area contributed by atoms with Gasteiger partial charge in [0.25, 0.3) is 0 Å². The molecule has 2 aliphatic heterocycles. The van der Waals surface area contributed by atoms with Crippen LogP contribution in [0, 0.1) is 0 Å². The largest absolute Gasteiger partial charge is 0.494 e. The molecule has 0 atom stereocenters. The summed E-state index contributed by atoms with van der Waals surface area (Å²) in [5.74, 6) is 0. The van der Waals surface area contributed by atoms with Gasteiger partial charge < -0.3 is 23.5 Å². The third kappa shape index (κ3) is 6.37. The van der Waals surface area contributed by atoms with Crippen LogP contribution in [0.4, 0.5) is 17.1 Å². The summed E-state index contributed by atoms with van der Waals surface area (Å²) in [6.45, 7) is 35.4. The highest BCUT2D eigenvalue weighted by atomic mass is 16.7. The van der Waals surface area contributed by atoms with E-state index in [2.05, 4.69) is 195 Å². The van der Waals surface area contributed by atoms with E-state index in [1.165, 1.54) is 39.1 Å². The summed E-state index contributed by atoms with van der Waals surface area (Å²) >= 11 is 0. The maximum atomic E-state index is 6.46. The molecule has 5 nitrogen and oxygen atoms in total. The Labute approximate surface area is 326 Å². The van der Waals surface area contributed by atoms with Crippen LogP contribution < -0.4 is 15.8 Å². The lowest BCUT2D eigenvalue weighted by Gasteiger charge is -2.32. The molecule has 0 bridgehead atoms. The molecule has 0 unspecified atom stereocenters. The first-order valence-electron chi connectivity index (χ1n) is 19.8. The summed E-state index contributed by atoms with van der Waals surface area (Å²) in [6, 6.07) is 29.5. The van der Waals surface area contributed by atoms with Gasteiger partial charge in [0.05, 0.1) is 28.1 Å². The van der Waals surface area contributed by atoms with E-state index in [1.54, 1.807) is 0 Å². The van der Waals surface area contributed by atoms with E-state index in [1.807, 2.05) is 0 Å². The van der Waals surface area contributed by atoms with Crippen LogP contribution in [0.25, 0.3) is 11.1 Å². The molecule has 0 aromatic heterocycles. The lowest BCUT2D eigenvalue weighted by Crippen LogP contribution is -2.41. The molecular weight excluding hydrogens is 664 g/mol. The number of nitrogens with zero attached hydrogens (tertiary/aromatic N) is 1. The molecule has 2 fully saturated rings. The van der Waals surface area contributed by atoms with Gasteiger partial charge in [0.15, 0.2) is 0 Å². The van der Waals surface area contributed by atoms with Gasteiger partial charge in [-0.2, -0.15) is 0 Å². The molecule has 4 aromatic rings. The summed E-state index contributed by atoms with van der Waals surface area (Å²) in [6.07, 6.45) is 0. The Bertz CT molecular complexity index is 1970. The smallest absolute Gasteiger partial charge is 0.399 e. The SMILES string of the molecule is CC(C)(C)c1ccc2c(c1)C(C)(C)c1cc(C(C)(C)C)cc(N(c3ccc(B4OC(C)(C)C(C)(C)O4)cc3)c3ccc(B4OC(C)(C)C(C)(C)O4)cc3)c1-2. The summed E-state index contributed by atoms with van der Waals surface area (Å²) in [7, 11) is -0.871. The van der Waals surface area contributed by atoms with Crippen LogP contribution in [0.3, 0.4) is 0 Å². The van der Waals surface area contributed by atoms with E-state index in [9.17, 15) is 0 Å². The molecule has 3 aliphatic rings. The first-order valence-corrected chi connectivity index (χ1v) is 19.8. The van der Waals surface area contributed by atoms with Gasteiger partial charge in [-0.1, -0.05) is 104 Å². The van der Waals surface area contributed by atoms with Gasteiger partial charge in [-0.05, 0) is 135 Å². The molecular formula is C47H61B2NO4. The molecule has 4 aromatic carbocycles. The molecule has 1 aliphatic carbocycles. The highest BCUT2D eigenvalue weighted by molar-refractivity contribution is 6.62. The van der Waals surface area contributed by atoms with Crippen molar-refractivity contribution in [1.29, 1.82) is 0 Å². The van der Waals surface area contributed by atoms with Crippen molar-refractivity contribution >= 4 is 42.2 Å². The van der Waals surface area contributed by atoms with E-state index in [0.717, 1.165) is 22.3 Å². The van der Waals surface area contributed by atoms with E-state index in [4.69, 9.17) is 18.6 Å². The lowest BCUT2D eigenvalue weighted by atomic mass is 9.77. The number of hydrogen-bond acceptors (Lipinski definition) is 5. The molecule has 2 saturated heterocycles. The molecule has 54 heavy (non-hydrogen) atoms. The fraction of sp³-hybridized carbons (Fsp3) is 0.489. The van der Waals surface area contributed by atoms with Crippen LogP contribution in [0.15, 0.2) is 78.9 Å². The van der Waals surface area contributed by atoms with E-state index < -0.39 is 36.6 Å². The zero-order valence-electron chi connectivity index (χ0n) is 35.7. The number of fused-ring (bicyclic) bond motifs is 3. The highest BCUT2D eigenvalue weighted by Gasteiger charge is 2.53. The van der Waals surface area contributed by atoms with Crippen molar-refractivity contribution in [2.45, 2.75) is 149 Å². The fourth-order valence-corrected chi connectivity index (χ4v) is 7.85. The topological polar surface area (TPSA) is 40.2 Å². The van der Waals surface area contributed by atoms with E-state index in [0.29, 0.717) is 0 Å². The van der Waals surface area contributed by atoms with Crippen molar-refractivity contribution in [2.24, 2.45) is 0 Å². The number of hydrogen-bond donors (Lipinski definition) is 0. The number of benzene rings is 4. The Hall–Kier alpha value is -3.35. The van der Waals surface area contributed by atoms with Crippen molar-refractivity contribution in [3.63, 3.8) is 0 Å². The van der Waals surface area contributed by atoms with Crippen molar-refractivity contribution in [3.05, 3.63) is 101 Å². The first kappa shape index (κ1) is 38.9. The van der Waals surface area contributed by atoms with Gasteiger partial charge in [0, 0.05) is 22.4 Å². The van der Waals surface area contributed by atoms with Gasteiger partial charge >= 0.3 is 14.2 Å². The predicted octanol–water partition coefficient (Wildman–Crippen LogP) is 10.7. The normalized spacial score (nSPS) is 20.6. The average Bonchev–Trinajstić information content (AvgIpc) is 3.53. The molecule has 7 heteroatoms. The molecule has 0 saturated carbocycles. The van der Waals surface area contributed by atoms with Crippen LogP contribution in [-0.2, 0) is 34.9 Å². The van der Waals surface area contributed by atoms with Gasteiger partial charge in [-0.3, -0.25) is 0 Å². The Kier molecular flexibility index (Phi) is 8.88. The van der Waals surface area contributed by atoms with Crippen molar-refractivity contribution in [3.8, 4) is 11.1 Å². The van der Waals surface area contributed by atoms with Gasteiger partial charge in [-0.15, -0.1) is 0 Å². The fourth-order valence-electron chi connectivity index (χ4n) is 7.85. The Morgan fingerprint density at radius 2 is 0.852 bits per heavy atom. The summed E-state index contributed by atoms with van der Waals surface area (Å²) in [5.41, 5.74) is 11.4. The lowest BCUT2D eigenvalue weighted by molar-refractivity contribution is 0.00578. The molecule has 0 amide bonds. The second kappa shape index (κ2) is 12.3. The van der Waals surface area contributed by atoms with Gasteiger partial charge in [0.1, 0.15) is 0 Å². The Balaban J connectivity index is 1.41. The van der Waals surface area contributed by atoms with Crippen molar-refractivity contribution < 1.29 is 18.6 Å². The maximum Gasteiger partial charge on any atom is 0.494 e. The molecule has 2 heterocycles. The summed E-state index contributed by atoms with van der Waals surface area (Å²) in [4.78, 5) is 2.43. The Morgan fingerprint density at radius 3 is 1.24 bits per heavy atom. The third-order valence-corrected chi connectivity index (χ3v) is 13.1.